The summed E-state index contributed by atoms with van der Waals surface area (Å²) in [4.78, 5) is 11.5. The molecule has 0 spiro atoms. The number of hydrogen-bond acceptors (Lipinski definition) is 4. The van der Waals surface area contributed by atoms with Crippen LogP contribution in [0.4, 0.5) is 0 Å². The average Bonchev–Trinajstić information content (AvgIpc) is 2.15. The van der Waals surface area contributed by atoms with Crippen molar-refractivity contribution in [1.29, 1.82) is 0 Å². The monoisotopic (exact) mass is 234 g/mol. The lowest BCUT2D eigenvalue weighted by Crippen LogP contribution is -2.14. The van der Waals surface area contributed by atoms with E-state index in [9.17, 15) is 9.36 Å². The Balaban J connectivity index is 2.24. The predicted octanol–water partition coefficient (Wildman–Crippen LogP) is 2.62. The predicted molar refractivity (Wildman–Crippen MR) is 58.1 cm³/mol. The Bertz CT molecular complexity index is 252. The summed E-state index contributed by atoms with van der Waals surface area (Å²) in [5.74, 6) is 0.687. The quantitative estimate of drug-likeness (QED) is 0.635. The zero-order chi connectivity index (χ0) is 11.3. The second-order valence-electron chi connectivity index (χ2n) is 4.01. The van der Waals surface area contributed by atoms with Crippen LogP contribution in [-0.2, 0) is 18.4 Å². The van der Waals surface area contributed by atoms with E-state index in [1.807, 2.05) is 0 Å². The second kappa shape index (κ2) is 5.78. The van der Waals surface area contributed by atoms with Crippen LogP contribution in [0.5, 0.6) is 0 Å². The smallest absolute Gasteiger partial charge is 0.312 e. The summed E-state index contributed by atoms with van der Waals surface area (Å²) in [5.41, 5.74) is 0. The van der Waals surface area contributed by atoms with Crippen molar-refractivity contribution in [3.05, 3.63) is 0 Å². The van der Waals surface area contributed by atoms with Crippen LogP contribution in [-0.4, -0.2) is 26.2 Å². The second-order valence-corrected chi connectivity index (χ2v) is 6.28. The van der Waals surface area contributed by atoms with Crippen LogP contribution in [0.1, 0.15) is 32.1 Å². The molecule has 1 rings (SSSR count). The van der Waals surface area contributed by atoms with E-state index in [1.165, 1.54) is 33.5 Å². The summed E-state index contributed by atoms with van der Waals surface area (Å²) in [6.07, 6.45) is 5.09. The van der Waals surface area contributed by atoms with E-state index in [4.69, 9.17) is 9.05 Å². The lowest BCUT2D eigenvalue weighted by atomic mass is 9.82. The van der Waals surface area contributed by atoms with Crippen LogP contribution in [0.2, 0.25) is 0 Å². The highest BCUT2D eigenvalue weighted by Gasteiger charge is 2.26. The van der Waals surface area contributed by atoms with Crippen molar-refractivity contribution >= 4 is 13.4 Å². The molecule has 0 aliphatic heterocycles. The van der Waals surface area contributed by atoms with Gasteiger partial charge in [0.2, 0.25) is 0 Å². The van der Waals surface area contributed by atoms with Crippen LogP contribution in [0.3, 0.4) is 0 Å². The third-order valence-electron chi connectivity index (χ3n) is 2.98. The molecule has 0 bridgehead atoms. The Kier molecular flexibility index (Phi) is 4.97. The van der Waals surface area contributed by atoms with Crippen molar-refractivity contribution in [2.45, 2.75) is 32.1 Å². The standard InChI is InChI=1S/C10H19O4P/c1-13-15(12,14-2)8-10(11)7-6-9-4-3-5-9/h9H,3-8H2,1-2H3. The number of rotatable bonds is 7. The highest BCUT2D eigenvalue weighted by atomic mass is 31.2. The van der Waals surface area contributed by atoms with Gasteiger partial charge in [0.1, 0.15) is 11.9 Å². The Hall–Kier alpha value is -0.180. The Labute approximate surface area is 90.9 Å². The number of hydrogen-bond donors (Lipinski definition) is 0. The molecule has 0 saturated heterocycles. The summed E-state index contributed by atoms with van der Waals surface area (Å²) in [5, 5.41) is 0. The molecular weight excluding hydrogens is 215 g/mol. The molecule has 1 saturated carbocycles. The minimum Gasteiger partial charge on any atom is -0.312 e. The van der Waals surface area contributed by atoms with Crippen molar-refractivity contribution in [2.24, 2.45) is 5.92 Å². The normalized spacial score (nSPS) is 17.5. The molecule has 0 N–H and O–H groups in total. The molecule has 0 aromatic rings. The molecule has 1 aliphatic carbocycles. The fraction of sp³-hybridized carbons (Fsp3) is 0.900. The largest absolute Gasteiger partial charge is 0.337 e. The van der Waals surface area contributed by atoms with Crippen molar-refractivity contribution in [2.75, 3.05) is 20.4 Å². The molecule has 1 aliphatic rings. The van der Waals surface area contributed by atoms with Crippen LogP contribution in [0, 0.1) is 5.92 Å². The first-order valence-corrected chi connectivity index (χ1v) is 7.04. The van der Waals surface area contributed by atoms with Gasteiger partial charge >= 0.3 is 7.60 Å². The van der Waals surface area contributed by atoms with E-state index in [0.717, 1.165) is 6.42 Å². The van der Waals surface area contributed by atoms with Gasteiger partial charge in [-0.05, 0) is 12.3 Å². The molecule has 5 heteroatoms. The minimum atomic E-state index is -3.14. The number of ketones is 1. The molecule has 0 radical (unpaired) electrons. The summed E-state index contributed by atoms with van der Waals surface area (Å²) < 4.78 is 21.1. The summed E-state index contributed by atoms with van der Waals surface area (Å²) >= 11 is 0. The summed E-state index contributed by atoms with van der Waals surface area (Å²) in [7, 11) is -0.519. The zero-order valence-corrected chi connectivity index (χ0v) is 10.3. The molecule has 0 atom stereocenters. The van der Waals surface area contributed by atoms with E-state index < -0.39 is 7.60 Å². The molecule has 0 amide bonds. The van der Waals surface area contributed by atoms with Crippen LogP contribution in [0.15, 0.2) is 0 Å². The van der Waals surface area contributed by atoms with Crippen LogP contribution in [0.25, 0.3) is 0 Å². The van der Waals surface area contributed by atoms with Gasteiger partial charge in [-0.3, -0.25) is 9.36 Å². The molecule has 4 nitrogen and oxygen atoms in total. The summed E-state index contributed by atoms with van der Waals surface area (Å²) in [6, 6.07) is 0. The molecule has 15 heavy (non-hydrogen) atoms. The van der Waals surface area contributed by atoms with Crippen molar-refractivity contribution in [3.8, 4) is 0 Å². The maximum atomic E-state index is 11.6. The fourth-order valence-electron chi connectivity index (χ4n) is 1.65. The fourth-order valence-corrected chi connectivity index (χ4v) is 2.64. The topological polar surface area (TPSA) is 52.6 Å². The third kappa shape index (κ3) is 4.06. The summed E-state index contributed by atoms with van der Waals surface area (Å²) in [6.45, 7) is 0. The van der Waals surface area contributed by atoms with Crippen molar-refractivity contribution in [1.82, 2.24) is 0 Å². The van der Waals surface area contributed by atoms with Gasteiger partial charge in [0.25, 0.3) is 0 Å². The molecule has 0 aromatic heterocycles. The Morgan fingerprint density at radius 2 is 1.93 bits per heavy atom. The van der Waals surface area contributed by atoms with Gasteiger partial charge in [0, 0.05) is 20.6 Å². The average molecular weight is 234 g/mol. The molecule has 0 aromatic carbocycles. The lowest BCUT2D eigenvalue weighted by molar-refractivity contribution is -0.117. The van der Waals surface area contributed by atoms with Gasteiger partial charge in [-0.25, -0.2) is 0 Å². The SMILES string of the molecule is COP(=O)(CC(=O)CCC1CCC1)OC. The Morgan fingerprint density at radius 3 is 2.33 bits per heavy atom. The van der Waals surface area contributed by atoms with E-state index in [-0.39, 0.29) is 11.9 Å². The first-order valence-electron chi connectivity index (χ1n) is 5.32. The van der Waals surface area contributed by atoms with Gasteiger partial charge in [0.15, 0.2) is 0 Å². The van der Waals surface area contributed by atoms with Gasteiger partial charge < -0.3 is 9.05 Å². The highest BCUT2D eigenvalue weighted by Crippen LogP contribution is 2.46. The van der Waals surface area contributed by atoms with E-state index >= 15 is 0 Å². The van der Waals surface area contributed by atoms with Gasteiger partial charge in [-0.15, -0.1) is 0 Å². The molecule has 88 valence electrons. The maximum Gasteiger partial charge on any atom is 0.337 e. The van der Waals surface area contributed by atoms with Crippen LogP contribution >= 0.6 is 7.60 Å². The number of Topliss-reactive ketones (excluding diaryl/α,β-unsaturated/α-hetero) is 1. The maximum absolute atomic E-state index is 11.6. The molecular formula is C10H19O4P. The third-order valence-corrected chi connectivity index (χ3v) is 4.84. The van der Waals surface area contributed by atoms with Gasteiger partial charge in [-0.1, -0.05) is 19.3 Å². The van der Waals surface area contributed by atoms with Gasteiger partial charge in [0.05, 0.1) is 0 Å². The number of carbonyl (C=O) groups is 1. The van der Waals surface area contributed by atoms with Crippen molar-refractivity contribution in [3.63, 3.8) is 0 Å². The molecule has 0 unspecified atom stereocenters. The Morgan fingerprint density at radius 1 is 1.33 bits per heavy atom. The zero-order valence-electron chi connectivity index (χ0n) is 9.40. The highest BCUT2D eigenvalue weighted by molar-refractivity contribution is 7.54. The first kappa shape index (κ1) is 12.9. The van der Waals surface area contributed by atoms with E-state index in [0.29, 0.717) is 12.3 Å². The van der Waals surface area contributed by atoms with Gasteiger partial charge in [-0.2, -0.15) is 0 Å². The molecule has 0 heterocycles. The molecule has 1 fully saturated rings. The number of carbonyl (C=O) groups excluding carboxylic acids is 1. The lowest BCUT2D eigenvalue weighted by Gasteiger charge is -2.24. The minimum absolute atomic E-state index is 0.0195. The van der Waals surface area contributed by atoms with Crippen LogP contribution < -0.4 is 0 Å². The van der Waals surface area contributed by atoms with E-state index in [2.05, 4.69) is 0 Å². The van der Waals surface area contributed by atoms with Crippen molar-refractivity contribution < 1.29 is 18.4 Å². The van der Waals surface area contributed by atoms with E-state index in [1.54, 1.807) is 0 Å². The first-order chi connectivity index (χ1) is 7.09.